The molecule has 0 aliphatic carbocycles. The predicted molar refractivity (Wildman–Crippen MR) is 74.7 cm³/mol. The van der Waals surface area contributed by atoms with E-state index in [4.69, 9.17) is 23.2 Å². The van der Waals surface area contributed by atoms with Crippen LogP contribution in [-0.2, 0) is 0 Å². The Balaban J connectivity index is 2.36. The van der Waals surface area contributed by atoms with Crippen LogP contribution in [0.15, 0.2) is 46.9 Å². The van der Waals surface area contributed by atoms with E-state index in [0.29, 0.717) is 10.0 Å². The summed E-state index contributed by atoms with van der Waals surface area (Å²) in [5.41, 5.74) is 1.52. The summed E-state index contributed by atoms with van der Waals surface area (Å²) in [4.78, 5) is 0. The third-order valence-electron chi connectivity index (χ3n) is 2.42. The van der Waals surface area contributed by atoms with E-state index in [1.165, 1.54) is 0 Å². The van der Waals surface area contributed by atoms with Crippen LogP contribution in [0.1, 0.15) is 17.2 Å². The van der Waals surface area contributed by atoms with Crippen LogP contribution in [-0.4, -0.2) is 5.11 Å². The molecule has 4 heteroatoms. The summed E-state index contributed by atoms with van der Waals surface area (Å²) in [5, 5.41) is 11.4. The molecule has 0 aliphatic heterocycles. The van der Waals surface area contributed by atoms with Crippen LogP contribution >= 0.6 is 39.1 Å². The molecule has 1 unspecified atom stereocenters. The molecule has 1 nitrogen and oxygen atoms in total. The highest BCUT2D eigenvalue weighted by Gasteiger charge is 2.11. The average molecular weight is 332 g/mol. The molecule has 0 bridgehead atoms. The summed E-state index contributed by atoms with van der Waals surface area (Å²) in [6, 6.07) is 12.5. The van der Waals surface area contributed by atoms with Gasteiger partial charge in [-0.05, 0) is 51.3 Å². The van der Waals surface area contributed by atoms with Crippen LogP contribution in [0.3, 0.4) is 0 Å². The number of rotatable bonds is 2. The molecule has 0 aromatic heterocycles. The highest BCUT2D eigenvalue weighted by molar-refractivity contribution is 9.10. The fourth-order valence-electron chi connectivity index (χ4n) is 1.55. The maximum atomic E-state index is 10.2. The number of benzene rings is 2. The maximum absolute atomic E-state index is 10.2. The molecule has 2 aromatic carbocycles. The van der Waals surface area contributed by atoms with Gasteiger partial charge in [-0.2, -0.15) is 0 Å². The van der Waals surface area contributed by atoms with Crippen LogP contribution < -0.4 is 0 Å². The van der Waals surface area contributed by atoms with Gasteiger partial charge in [0.25, 0.3) is 0 Å². The van der Waals surface area contributed by atoms with Gasteiger partial charge in [-0.1, -0.05) is 41.4 Å². The molecule has 0 amide bonds. The zero-order valence-corrected chi connectivity index (χ0v) is 11.8. The van der Waals surface area contributed by atoms with Gasteiger partial charge in [0.2, 0.25) is 0 Å². The van der Waals surface area contributed by atoms with Crippen molar-refractivity contribution in [2.75, 3.05) is 0 Å². The molecule has 0 saturated heterocycles. The number of hydrogen-bond donors (Lipinski definition) is 1. The van der Waals surface area contributed by atoms with E-state index in [0.717, 1.165) is 15.6 Å². The molecule has 17 heavy (non-hydrogen) atoms. The summed E-state index contributed by atoms with van der Waals surface area (Å²) in [5.74, 6) is 0. The SMILES string of the molecule is OC(c1cccc(Cl)c1)c1ccc(Cl)c(Br)c1. The van der Waals surface area contributed by atoms with E-state index >= 15 is 0 Å². The van der Waals surface area contributed by atoms with Crippen molar-refractivity contribution in [3.63, 3.8) is 0 Å². The van der Waals surface area contributed by atoms with E-state index in [-0.39, 0.29) is 0 Å². The van der Waals surface area contributed by atoms with E-state index in [1.54, 1.807) is 30.3 Å². The van der Waals surface area contributed by atoms with E-state index < -0.39 is 6.10 Å². The number of aliphatic hydroxyl groups is 1. The first-order valence-corrected chi connectivity index (χ1v) is 6.51. The molecule has 1 atom stereocenters. The predicted octanol–water partition coefficient (Wildman–Crippen LogP) is 4.84. The van der Waals surface area contributed by atoms with Gasteiger partial charge in [-0.3, -0.25) is 0 Å². The molecule has 0 aliphatic rings. The molecule has 2 rings (SSSR count). The number of hydrogen-bond acceptors (Lipinski definition) is 1. The van der Waals surface area contributed by atoms with Crippen molar-refractivity contribution in [3.8, 4) is 0 Å². The minimum atomic E-state index is -0.706. The minimum Gasteiger partial charge on any atom is -0.384 e. The fourth-order valence-corrected chi connectivity index (χ4v) is 2.26. The Labute approximate surface area is 118 Å². The molecule has 0 fully saturated rings. The third kappa shape index (κ3) is 3.02. The molecule has 0 saturated carbocycles. The molecule has 0 radical (unpaired) electrons. The second kappa shape index (κ2) is 5.40. The lowest BCUT2D eigenvalue weighted by Gasteiger charge is -2.12. The summed E-state index contributed by atoms with van der Waals surface area (Å²) in [6.07, 6.45) is -0.706. The van der Waals surface area contributed by atoms with Gasteiger partial charge >= 0.3 is 0 Å². The second-order valence-electron chi connectivity index (χ2n) is 3.63. The molecule has 2 aromatic rings. The Morgan fingerprint density at radius 2 is 1.71 bits per heavy atom. The summed E-state index contributed by atoms with van der Waals surface area (Å²) in [7, 11) is 0. The molecule has 0 heterocycles. The summed E-state index contributed by atoms with van der Waals surface area (Å²) < 4.78 is 0.762. The van der Waals surface area contributed by atoms with E-state index in [2.05, 4.69) is 15.9 Å². The lowest BCUT2D eigenvalue weighted by atomic mass is 10.0. The highest BCUT2D eigenvalue weighted by atomic mass is 79.9. The van der Waals surface area contributed by atoms with Gasteiger partial charge in [0.05, 0.1) is 5.02 Å². The van der Waals surface area contributed by atoms with Crippen molar-refractivity contribution in [3.05, 3.63) is 68.1 Å². The Kier molecular flexibility index (Phi) is 4.10. The van der Waals surface area contributed by atoms with E-state index in [9.17, 15) is 5.11 Å². The van der Waals surface area contributed by atoms with Gasteiger partial charge in [0.1, 0.15) is 6.10 Å². The fraction of sp³-hybridized carbons (Fsp3) is 0.0769. The Morgan fingerprint density at radius 3 is 2.35 bits per heavy atom. The first kappa shape index (κ1) is 12.9. The topological polar surface area (TPSA) is 20.2 Å². The van der Waals surface area contributed by atoms with Crippen LogP contribution in [0.2, 0.25) is 10.0 Å². The minimum absolute atomic E-state index is 0.606. The van der Waals surface area contributed by atoms with Gasteiger partial charge in [-0.15, -0.1) is 0 Å². The van der Waals surface area contributed by atoms with Crippen LogP contribution in [0, 0.1) is 0 Å². The van der Waals surface area contributed by atoms with Gasteiger partial charge in [-0.25, -0.2) is 0 Å². The standard InChI is InChI=1S/C13H9BrCl2O/c14-11-7-9(4-5-12(11)16)13(17)8-2-1-3-10(15)6-8/h1-7,13,17H. The van der Waals surface area contributed by atoms with Gasteiger partial charge < -0.3 is 5.11 Å². The number of aliphatic hydroxyl groups excluding tert-OH is 1. The summed E-state index contributed by atoms with van der Waals surface area (Å²) >= 11 is 15.1. The Bertz CT molecular complexity index is 543. The summed E-state index contributed by atoms with van der Waals surface area (Å²) in [6.45, 7) is 0. The number of halogens is 3. The molecule has 1 N–H and O–H groups in total. The van der Waals surface area contributed by atoms with Crippen molar-refractivity contribution in [2.24, 2.45) is 0 Å². The van der Waals surface area contributed by atoms with Crippen LogP contribution in [0.25, 0.3) is 0 Å². The molecule has 88 valence electrons. The van der Waals surface area contributed by atoms with Crippen LogP contribution in [0.5, 0.6) is 0 Å². The highest BCUT2D eigenvalue weighted by Crippen LogP contribution is 2.29. The Morgan fingerprint density at radius 1 is 1.00 bits per heavy atom. The zero-order valence-electron chi connectivity index (χ0n) is 8.70. The lowest BCUT2D eigenvalue weighted by Crippen LogP contribution is -1.99. The lowest BCUT2D eigenvalue weighted by molar-refractivity contribution is 0.220. The largest absolute Gasteiger partial charge is 0.384 e. The zero-order chi connectivity index (χ0) is 12.4. The molecular formula is C13H9BrCl2O. The van der Waals surface area contributed by atoms with Crippen molar-refractivity contribution >= 4 is 39.1 Å². The monoisotopic (exact) mass is 330 g/mol. The van der Waals surface area contributed by atoms with Gasteiger partial charge in [0.15, 0.2) is 0 Å². The first-order valence-electron chi connectivity index (χ1n) is 4.96. The quantitative estimate of drug-likeness (QED) is 0.835. The second-order valence-corrected chi connectivity index (χ2v) is 5.33. The van der Waals surface area contributed by atoms with Crippen molar-refractivity contribution < 1.29 is 5.11 Å². The van der Waals surface area contributed by atoms with Crippen molar-refractivity contribution in [2.45, 2.75) is 6.10 Å². The van der Waals surface area contributed by atoms with Gasteiger partial charge in [0, 0.05) is 9.50 Å². The maximum Gasteiger partial charge on any atom is 0.104 e. The first-order chi connectivity index (χ1) is 8.08. The normalized spacial score (nSPS) is 12.5. The third-order valence-corrected chi connectivity index (χ3v) is 3.87. The molecule has 0 spiro atoms. The van der Waals surface area contributed by atoms with Crippen molar-refractivity contribution in [1.82, 2.24) is 0 Å². The van der Waals surface area contributed by atoms with E-state index in [1.807, 2.05) is 12.1 Å². The Hall–Kier alpha value is -0.540. The van der Waals surface area contributed by atoms with Crippen molar-refractivity contribution in [1.29, 1.82) is 0 Å². The average Bonchev–Trinajstić information content (AvgIpc) is 2.32. The molecular weight excluding hydrogens is 323 g/mol. The van der Waals surface area contributed by atoms with Crippen LogP contribution in [0.4, 0.5) is 0 Å². The smallest absolute Gasteiger partial charge is 0.104 e.